The van der Waals surface area contributed by atoms with Crippen molar-refractivity contribution in [1.82, 2.24) is 4.90 Å². The first-order chi connectivity index (χ1) is 10.1. The molecule has 0 amide bonds. The monoisotopic (exact) mass is 311 g/mol. The molecule has 1 fully saturated rings. The Kier molecular flexibility index (Phi) is 5.88. The molecule has 1 aliphatic heterocycles. The first-order valence-corrected chi connectivity index (χ1v) is 7.81. The number of likely N-dealkylation sites (tertiary alicyclic amines) is 1. The SMILES string of the molecule is Cc1cc(Cl)ccc1OCCCN1CCCCC1C(=O)O. The number of aryl methyl sites for hydroxylation is 1. The molecule has 1 unspecified atom stereocenters. The van der Waals surface area contributed by atoms with Crippen LogP contribution in [0.15, 0.2) is 18.2 Å². The summed E-state index contributed by atoms with van der Waals surface area (Å²) >= 11 is 5.91. The van der Waals surface area contributed by atoms with Crippen LogP contribution in [0.25, 0.3) is 0 Å². The fraction of sp³-hybridized carbons (Fsp3) is 0.562. The van der Waals surface area contributed by atoms with E-state index in [0.717, 1.165) is 50.1 Å². The number of aliphatic carboxylic acids is 1. The van der Waals surface area contributed by atoms with E-state index in [1.165, 1.54) is 0 Å². The summed E-state index contributed by atoms with van der Waals surface area (Å²) in [5, 5.41) is 9.93. The second-order valence-corrected chi connectivity index (χ2v) is 5.93. The molecule has 1 aromatic carbocycles. The second kappa shape index (κ2) is 7.66. The van der Waals surface area contributed by atoms with Gasteiger partial charge in [0.05, 0.1) is 6.61 Å². The third-order valence-corrected chi connectivity index (χ3v) is 4.12. The van der Waals surface area contributed by atoms with Crippen molar-refractivity contribution in [3.63, 3.8) is 0 Å². The van der Waals surface area contributed by atoms with E-state index in [2.05, 4.69) is 4.90 Å². The van der Waals surface area contributed by atoms with Crippen LogP contribution in [0.4, 0.5) is 0 Å². The molecular weight excluding hydrogens is 290 g/mol. The van der Waals surface area contributed by atoms with E-state index in [1.54, 1.807) is 0 Å². The van der Waals surface area contributed by atoms with Gasteiger partial charge < -0.3 is 9.84 Å². The second-order valence-electron chi connectivity index (χ2n) is 5.50. The van der Waals surface area contributed by atoms with Gasteiger partial charge in [0, 0.05) is 11.6 Å². The Labute approximate surface area is 130 Å². The summed E-state index contributed by atoms with van der Waals surface area (Å²) in [4.78, 5) is 13.3. The molecule has 4 nitrogen and oxygen atoms in total. The topological polar surface area (TPSA) is 49.8 Å². The first kappa shape index (κ1) is 16.1. The minimum atomic E-state index is -0.704. The molecular formula is C16H22ClNO3. The van der Waals surface area contributed by atoms with Crippen LogP contribution in [0.5, 0.6) is 5.75 Å². The lowest BCUT2D eigenvalue weighted by Crippen LogP contribution is -2.45. The summed E-state index contributed by atoms with van der Waals surface area (Å²) in [6, 6.07) is 5.24. The Bertz CT molecular complexity index is 492. The number of ether oxygens (including phenoxy) is 1. The molecule has 0 aliphatic carbocycles. The third-order valence-electron chi connectivity index (χ3n) is 3.88. The molecule has 0 bridgehead atoms. The van der Waals surface area contributed by atoms with Gasteiger partial charge in [-0.15, -0.1) is 0 Å². The van der Waals surface area contributed by atoms with E-state index in [4.69, 9.17) is 16.3 Å². The van der Waals surface area contributed by atoms with Gasteiger partial charge in [-0.25, -0.2) is 0 Å². The van der Waals surface area contributed by atoms with Gasteiger partial charge >= 0.3 is 5.97 Å². The number of rotatable bonds is 6. The van der Waals surface area contributed by atoms with Gasteiger partial charge in [-0.2, -0.15) is 0 Å². The van der Waals surface area contributed by atoms with Crippen molar-refractivity contribution in [3.05, 3.63) is 28.8 Å². The normalized spacial score (nSPS) is 19.4. The average Bonchev–Trinajstić information content (AvgIpc) is 2.45. The minimum absolute atomic E-state index is 0.323. The lowest BCUT2D eigenvalue weighted by Gasteiger charge is -2.32. The molecule has 1 saturated heterocycles. The molecule has 0 aromatic heterocycles. The van der Waals surface area contributed by atoms with E-state index >= 15 is 0 Å². The standard InChI is InChI=1S/C16H22ClNO3/c1-12-11-13(17)6-7-15(12)21-10-4-9-18-8-3-2-5-14(18)16(19)20/h6-7,11,14H,2-5,8-10H2,1H3,(H,19,20). The first-order valence-electron chi connectivity index (χ1n) is 7.44. The summed E-state index contributed by atoms with van der Waals surface area (Å²) < 4.78 is 5.75. The number of piperidine rings is 1. The quantitative estimate of drug-likeness (QED) is 0.818. The van der Waals surface area contributed by atoms with Crippen molar-refractivity contribution in [2.24, 2.45) is 0 Å². The van der Waals surface area contributed by atoms with E-state index in [0.29, 0.717) is 11.6 Å². The van der Waals surface area contributed by atoms with Gasteiger partial charge in [0.2, 0.25) is 0 Å². The lowest BCUT2D eigenvalue weighted by molar-refractivity contribution is -0.144. The third kappa shape index (κ3) is 4.61. The predicted octanol–water partition coefficient (Wildman–Crippen LogP) is 3.36. The van der Waals surface area contributed by atoms with Crippen molar-refractivity contribution in [1.29, 1.82) is 0 Å². The summed E-state index contributed by atoms with van der Waals surface area (Å²) in [5.74, 6) is 0.136. The van der Waals surface area contributed by atoms with E-state index < -0.39 is 5.97 Å². The van der Waals surface area contributed by atoms with Gasteiger partial charge in [-0.3, -0.25) is 9.69 Å². The maximum atomic E-state index is 11.2. The molecule has 1 aliphatic rings. The Balaban J connectivity index is 1.77. The Morgan fingerprint density at radius 3 is 3.00 bits per heavy atom. The highest BCUT2D eigenvalue weighted by molar-refractivity contribution is 6.30. The van der Waals surface area contributed by atoms with Crippen LogP contribution in [0, 0.1) is 6.92 Å². The van der Waals surface area contributed by atoms with Crippen molar-refractivity contribution in [2.75, 3.05) is 19.7 Å². The minimum Gasteiger partial charge on any atom is -0.493 e. The Morgan fingerprint density at radius 1 is 1.48 bits per heavy atom. The molecule has 116 valence electrons. The molecule has 5 heteroatoms. The van der Waals surface area contributed by atoms with Crippen molar-refractivity contribution in [2.45, 2.75) is 38.6 Å². The van der Waals surface area contributed by atoms with Crippen molar-refractivity contribution < 1.29 is 14.6 Å². The summed E-state index contributed by atoms with van der Waals surface area (Å²) in [6.45, 7) is 4.19. The average molecular weight is 312 g/mol. The molecule has 0 radical (unpaired) electrons. The smallest absolute Gasteiger partial charge is 0.320 e. The molecule has 1 atom stereocenters. The van der Waals surface area contributed by atoms with Gasteiger partial charge in [-0.05, 0) is 56.5 Å². The van der Waals surface area contributed by atoms with Crippen LogP contribution < -0.4 is 4.74 Å². The molecule has 0 saturated carbocycles. The van der Waals surface area contributed by atoms with Crippen LogP contribution in [-0.4, -0.2) is 41.7 Å². The highest BCUT2D eigenvalue weighted by Crippen LogP contribution is 2.22. The van der Waals surface area contributed by atoms with E-state index in [9.17, 15) is 9.90 Å². The van der Waals surface area contributed by atoms with E-state index in [1.807, 2.05) is 25.1 Å². The summed E-state index contributed by atoms with van der Waals surface area (Å²) in [7, 11) is 0. The van der Waals surface area contributed by atoms with Crippen LogP contribution in [0.2, 0.25) is 5.02 Å². The maximum absolute atomic E-state index is 11.2. The number of halogens is 1. The van der Waals surface area contributed by atoms with Gasteiger partial charge in [0.25, 0.3) is 0 Å². The Morgan fingerprint density at radius 2 is 2.29 bits per heavy atom. The number of carboxylic acids is 1. The van der Waals surface area contributed by atoms with Crippen molar-refractivity contribution >= 4 is 17.6 Å². The predicted molar refractivity (Wildman–Crippen MR) is 83.1 cm³/mol. The van der Waals surface area contributed by atoms with Crippen LogP contribution >= 0.6 is 11.6 Å². The molecule has 2 rings (SSSR count). The zero-order valence-corrected chi connectivity index (χ0v) is 13.1. The van der Waals surface area contributed by atoms with Crippen LogP contribution in [0.1, 0.15) is 31.2 Å². The lowest BCUT2D eigenvalue weighted by atomic mass is 10.0. The molecule has 21 heavy (non-hydrogen) atoms. The summed E-state index contributed by atoms with van der Waals surface area (Å²) in [5.41, 5.74) is 1.02. The van der Waals surface area contributed by atoms with Crippen LogP contribution in [0.3, 0.4) is 0 Å². The molecule has 1 N–H and O–H groups in total. The van der Waals surface area contributed by atoms with Gasteiger partial charge in [-0.1, -0.05) is 18.0 Å². The number of carboxylic acid groups (broad SMARTS) is 1. The fourth-order valence-corrected chi connectivity index (χ4v) is 2.99. The number of hydrogen-bond acceptors (Lipinski definition) is 3. The fourth-order valence-electron chi connectivity index (χ4n) is 2.76. The van der Waals surface area contributed by atoms with Gasteiger partial charge in [0.1, 0.15) is 11.8 Å². The Hall–Kier alpha value is -1.26. The molecule has 1 heterocycles. The van der Waals surface area contributed by atoms with E-state index in [-0.39, 0.29) is 6.04 Å². The van der Waals surface area contributed by atoms with Crippen molar-refractivity contribution in [3.8, 4) is 5.75 Å². The highest BCUT2D eigenvalue weighted by atomic mass is 35.5. The zero-order chi connectivity index (χ0) is 15.2. The largest absolute Gasteiger partial charge is 0.493 e. The summed E-state index contributed by atoms with van der Waals surface area (Å²) in [6.07, 6.45) is 3.67. The molecule has 0 spiro atoms. The van der Waals surface area contributed by atoms with Gasteiger partial charge in [0.15, 0.2) is 0 Å². The van der Waals surface area contributed by atoms with Crippen LogP contribution in [-0.2, 0) is 4.79 Å². The molecule has 1 aromatic rings. The zero-order valence-electron chi connectivity index (χ0n) is 12.3. The number of nitrogens with zero attached hydrogens (tertiary/aromatic N) is 1. The number of hydrogen-bond donors (Lipinski definition) is 1. The highest BCUT2D eigenvalue weighted by Gasteiger charge is 2.27. The number of carbonyl (C=O) groups is 1. The maximum Gasteiger partial charge on any atom is 0.320 e. The number of benzene rings is 1.